The maximum Gasteiger partial charge on any atom is 0.254 e. The smallest absolute Gasteiger partial charge is 0.254 e. The Balaban J connectivity index is 1.33. The molecular weight excluding hydrogens is 386 g/mol. The molecule has 1 aliphatic heterocycles. The lowest BCUT2D eigenvalue weighted by Crippen LogP contribution is -2.49. The number of carbonyl (C=O) groups excluding carboxylic acids is 1. The lowest BCUT2D eigenvalue weighted by atomic mass is 10.1. The van der Waals surface area contributed by atoms with Gasteiger partial charge in [0.15, 0.2) is 0 Å². The fourth-order valence-corrected chi connectivity index (χ4v) is 3.78. The van der Waals surface area contributed by atoms with Crippen LogP contribution in [-0.2, 0) is 0 Å². The standard InChI is InChI=1S/C23H24ClN3O2/c1-17-16-21(20-4-2-3-5-22(20)25-17)23(28)27-12-10-26(11-13-27)14-15-29-19-8-6-18(24)7-9-19/h2-9,16H,10-15H2,1H3. The van der Waals surface area contributed by atoms with Crippen molar-refractivity contribution < 1.29 is 9.53 Å². The zero-order valence-corrected chi connectivity index (χ0v) is 17.2. The number of rotatable bonds is 5. The fraction of sp³-hybridized carbons (Fsp3) is 0.304. The van der Waals surface area contributed by atoms with Crippen LogP contribution in [0.3, 0.4) is 0 Å². The maximum atomic E-state index is 13.1. The van der Waals surface area contributed by atoms with Gasteiger partial charge < -0.3 is 9.64 Å². The number of amides is 1. The Morgan fingerprint density at radius 2 is 1.79 bits per heavy atom. The minimum Gasteiger partial charge on any atom is -0.492 e. The molecule has 0 unspecified atom stereocenters. The zero-order chi connectivity index (χ0) is 20.2. The monoisotopic (exact) mass is 409 g/mol. The molecule has 0 saturated carbocycles. The summed E-state index contributed by atoms with van der Waals surface area (Å²) in [6, 6.07) is 17.1. The van der Waals surface area contributed by atoms with Crippen LogP contribution in [0.2, 0.25) is 5.02 Å². The summed E-state index contributed by atoms with van der Waals surface area (Å²) in [5, 5.41) is 1.62. The summed E-state index contributed by atoms with van der Waals surface area (Å²) in [7, 11) is 0. The van der Waals surface area contributed by atoms with Gasteiger partial charge in [-0.3, -0.25) is 14.7 Å². The number of fused-ring (bicyclic) bond motifs is 1. The molecule has 0 bridgehead atoms. The van der Waals surface area contributed by atoms with Crippen LogP contribution in [0.15, 0.2) is 54.6 Å². The average molecular weight is 410 g/mol. The summed E-state index contributed by atoms with van der Waals surface area (Å²) in [6.07, 6.45) is 0. The predicted molar refractivity (Wildman–Crippen MR) is 116 cm³/mol. The van der Waals surface area contributed by atoms with Crippen molar-refractivity contribution in [3.63, 3.8) is 0 Å². The Morgan fingerprint density at radius 3 is 2.55 bits per heavy atom. The van der Waals surface area contributed by atoms with Gasteiger partial charge in [-0.1, -0.05) is 29.8 Å². The van der Waals surface area contributed by atoms with E-state index in [2.05, 4.69) is 9.88 Å². The summed E-state index contributed by atoms with van der Waals surface area (Å²) in [5.74, 6) is 0.909. The van der Waals surface area contributed by atoms with Gasteiger partial charge >= 0.3 is 0 Å². The molecule has 1 aliphatic rings. The van der Waals surface area contributed by atoms with E-state index in [-0.39, 0.29) is 5.91 Å². The van der Waals surface area contributed by atoms with Crippen molar-refractivity contribution in [3.8, 4) is 5.75 Å². The molecule has 150 valence electrons. The normalized spacial score (nSPS) is 14.9. The van der Waals surface area contributed by atoms with Gasteiger partial charge in [0.2, 0.25) is 0 Å². The number of benzene rings is 2. The van der Waals surface area contributed by atoms with E-state index in [4.69, 9.17) is 16.3 Å². The van der Waals surface area contributed by atoms with Gasteiger partial charge in [0.25, 0.3) is 5.91 Å². The quantitative estimate of drug-likeness (QED) is 0.638. The summed E-state index contributed by atoms with van der Waals surface area (Å²) in [5.41, 5.74) is 2.48. The Hall–Kier alpha value is -2.63. The molecule has 1 fully saturated rings. The largest absolute Gasteiger partial charge is 0.492 e. The second-order valence-corrected chi connectivity index (χ2v) is 7.70. The van der Waals surface area contributed by atoms with E-state index in [9.17, 15) is 4.79 Å². The number of pyridine rings is 1. The third-order valence-corrected chi connectivity index (χ3v) is 5.48. The molecule has 0 atom stereocenters. The highest BCUT2D eigenvalue weighted by Gasteiger charge is 2.23. The molecule has 29 heavy (non-hydrogen) atoms. The average Bonchev–Trinajstić information content (AvgIpc) is 2.74. The molecule has 1 saturated heterocycles. The van der Waals surface area contributed by atoms with Crippen LogP contribution in [0, 0.1) is 6.92 Å². The molecule has 0 spiro atoms. The number of para-hydroxylation sites is 1. The van der Waals surface area contributed by atoms with E-state index in [1.807, 2.05) is 66.4 Å². The molecular formula is C23H24ClN3O2. The van der Waals surface area contributed by atoms with Crippen molar-refractivity contribution in [1.29, 1.82) is 0 Å². The number of piperazine rings is 1. The van der Waals surface area contributed by atoms with Crippen LogP contribution < -0.4 is 4.74 Å². The minimum absolute atomic E-state index is 0.0868. The van der Waals surface area contributed by atoms with Crippen molar-refractivity contribution in [2.24, 2.45) is 0 Å². The molecule has 1 aromatic heterocycles. The molecule has 1 amide bonds. The molecule has 3 aromatic rings. The van der Waals surface area contributed by atoms with Gasteiger partial charge in [-0.15, -0.1) is 0 Å². The van der Waals surface area contributed by atoms with E-state index in [1.54, 1.807) is 0 Å². The third-order valence-electron chi connectivity index (χ3n) is 5.22. The Bertz CT molecular complexity index is 999. The SMILES string of the molecule is Cc1cc(C(=O)N2CCN(CCOc3ccc(Cl)cc3)CC2)c2ccccc2n1. The lowest BCUT2D eigenvalue weighted by molar-refractivity contribution is 0.0622. The number of hydrogen-bond donors (Lipinski definition) is 0. The highest BCUT2D eigenvalue weighted by molar-refractivity contribution is 6.30. The van der Waals surface area contributed by atoms with Gasteiger partial charge in [-0.2, -0.15) is 0 Å². The van der Waals surface area contributed by atoms with Crippen LogP contribution in [0.5, 0.6) is 5.75 Å². The number of carbonyl (C=O) groups is 1. The fourth-order valence-electron chi connectivity index (χ4n) is 3.65. The van der Waals surface area contributed by atoms with Crippen molar-refractivity contribution in [2.75, 3.05) is 39.3 Å². The van der Waals surface area contributed by atoms with Gasteiger partial charge in [0.05, 0.1) is 11.1 Å². The Labute approximate surface area is 175 Å². The summed E-state index contributed by atoms with van der Waals surface area (Å²) < 4.78 is 5.78. The molecule has 4 rings (SSSR count). The second kappa shape index (κ2) is 8.80. The molecule has 0 radical (unpaired) electrons. The first-order chi connectivity index (χ1) is 14.1. The van der Waals surface area contributed by atoms with E-state index < -0.39 is 0 Å². The van der Waals surface area contributed by atoms with Crippen LogP contribution >= 0.6 is 11.6 Å². The van der Waals surface area contributed by atoms with E-state index >= 15 is 0 Å². The van der Waals surface area contributed by atoms with Crippen molar-refractivity contribution >= 4 is 28.4 Å². The molecule has 0 N–H and O–H groups in total. The van der Waals surface area contributed by atoms with Crippen LogP contribution in [0.25, 0.3) is 10.9 Å². The zero-order valence-electron chi connectivity index (χ0n) is 16.5. The van der Waals surface area contributed by atoms with Gasteiger partial charge in [-0.25, -0.2) is 0 Å². The van der Waals surface area contributed by atoms with Crippen molar-refractivity contribution in [3.05, 3.63) is 70.9 Å². The van der Waals surface area contributed by atoms with Crippen molar-refractivity contribution in [1.82, 2.24) is 14.8 Å². The van der Waals surface area contributed by atoms with Crippen LogP contribution in [-0.4, -0.2) is 60.0 Å². The van der Waals surface area contributed by atoms with Gasteiger partial charge in [0.1, 0.15) is 12.4 Å². The number of halogens is 1. The number of hydrogen-bond acceptors (Lipinski definition) is 4. The van der Waals surface area contributed by atoms with E-state index in [0.717, 1.165) is 60.6 Å². The molecule has 2 aromatic carbocycles. The predicted octanol–water partition coefficient (Wildman–Crippen LogP) is 4.03. The Kier molecular flexibility index (Phi) is 5.97. The number of aryl methyl sites for hydroxylation is 1. The topological polar surface area (TPSA) is 45.7 Å². The van der Waals surface area contributed by atoms with Gasteiger partial charge in [-0.05, 0) is 43.3 Å². The first kappa shape index (κ1) is 19.7. The van der Waals surface area contributed by atoms with Gasteiger partial charge in [0, 0.05) is 48.8 Å². The molecule has 2 heterocycles. The summed E-state index contributed by atoms with van der Waals surface area (Å²) in [4.78, 5) is 22.0. The van der Waals surface area contributed by atoms with Crippen LogP contribution in [0.4, 0.5) is 0 Å². The van der Waals surface area contributed by atoms with Crippen LogP contribution in [0.1, 0.15) is 16.1 Å². The number of nitrogens with zero attached hydrogens (tertiary/aromatic N) is 3. The first-order valence-corrected chi connectivity index (χ1v) is 10.2. The molecule has 0 aliphatic carbocycles. The summed E-state index contributed by atoms with van der Waals surface area (Å²) >= 11 is 5.89. The lowest BCUT2D eigenvalue weighted by Gasteiger charge is -2.34. The van der Waals surface area contributed by atoms with E-state index in [1.165, 1.54) is 0 Å². The maximum absolute atomic E-state index is 13.1. The first-order valence-electron chi connectivity index (χ1n) is 9.86. The summed E-state index contributed by atoms with van der Waals surface area (Å²) in [6.45, 7) is 6.51. The molecule has 6 heteroatoms. The highest BCUT2D eigenvalue weighted by Crippen LogP contribution is 2.21. The van der Waals surface area contributed by atoms with Crippen molar-refractivity contribution in [2.45, 2.75) is 6.92 Å². The highest BCUT2D eigenvalue weighted by atomic mass is 35.5. The van der Waals surface area contributed by atoms with E-state index in [0.29, 0.717) is 11.6 Å². The molecule has 5 nitrogen and oxygen atoms in total. The minimum atomic E-state index is 0.0868. The number of aromatic nitrogens is 1. The third kappa shape index (κ3) is 4.69. The Morgan fingerprint density at radius 1 is 1.07 bits per heavy atom. The number of ether oxygens (including phenoxy) is 1. The second-order valence-electron chi connectivity index (χ2n) is 7.26.